The number of rotatable bonds is 4. The second kappa shape index (κ2) is 6.81. The van der Waals surface area contributed by atoms with E-state index < -0.39 is 0 Å². The highest BCUT2D eigenvalue weighted by Crippen LogP contribution is 2.15. The maximum atomic E-state index is 13.3. The summed E-state index contributed by atoms with van der Waals surface area (Å²) in [7, 11) is 0. The van der Waals surface area contributed by atoms with Crippen LogP contribution < -0.4 is 5.32 Å². The van der Waals surface area contributed by atoms with Crippen molar-refractivity contribution in [2.45, 2.75) is 26.5 Å². The first-order valence-electron chi connectivity index (χ1n) is 6.88. The van der Waals surface area contributed by atoms with Crippen LogP contribution in [0.2, 0.25) is 0 Å². The molecule has 5 heteroatoms. The number of carbonyl (C=O) groups is 1. The average molecular weight is 280 g/mol. The van der Waals surface area contributed by atoms with Crippen molar-refractivity contribution in [1.82, 2.24) is 10.2 Å². The SMILES string of the molecule is CC(=O)NCC1CN(Cc2cc(F)ccc2C)CCO1. The Hall–Kier alpha value is -1.46. The van der Waals surface area contributed by atoms with E-state index in [0.717, 1.165) is 24.2 Å². The van der Waals surface area contributed by atoms with Gasteiger partial charge in [0.05, 0.1) is 12.7 Å². The van der Waals surface area contributed by atoms with Crippen LogP contribution in [0.5, 0.6) is 0 Å². The number of amides is 1. The zero-order valence-corrected chi connectivity index (χ0v) is 12.0. The lowest BCUT2D eigenvalue weighted by atomic mass is 10.1. The molecule has 0 bridgehead atoms. The Morgan fingerprint density at radius 2 is 2.35 bits per heavy atom. The van der Waals surface area contributed by atoms with E-state index in [0.29, 0.717) is 19.7 Å². The van der Waals surface area contributed by atoms with Crippen molar-refractivity contribution in [2.24, 2.45) is 0 Å². The number of benzene rings is 1. The molecule has 0 aromatic heterocycles. The van der Waals surface area contributed by atoms with Gasteiger partial charge >= 0.3 is 0 Å². The number of nitrogens with one attached hydrogen (secondary N) is 1. The molecule has 4 nitrogen and oxygen atoms in total. The second-order valence-corrected chi connectivity index (χ2v) is 5.24. The van der Waals surface area contributed by atoms with Crippen LogP contribution >= 0.6 is 0 Å². The Balaban J connectivity index is 1.92. The Morgan fingerprint density at radius 1 is 1.55 bits per heavy atom. The van der Waals surface area contributed by atoms with Crippen LogP contribution in [0.3, 0.4) is 0 Å². The zero-order chi connectivity index (χ0) is 14.5. The van der Waals surface area contributed by atoms with Gasteiger partial charge in [0.2, 0.25) is 5.91 Å². The fraction of sp³-hybridized carbons (Fsp3) is 0.533. The number of ether oxygens (including phenoxy) is 1. The number of hydrogen-bond donors (Lipinski definition) is 1. The summed E-state index contributed by atoms with van der Waals surface area (Å²) in [5.74, 6) is -0.250. The van der Waals surface area contributed by atoms with Crippen molar-refractivity contribution in [1.29, 1.82) is 0 Å². The standard InChI is InChI=1S/C15H21FN2O2/c1-11-3-4-14(16)7-13(11)9-18-5-6-20-15(10-18)8-17-12(2)19/h3-4,7,15H,5-6,8-10H2,1-2H3,(H,17,19). The Labute approximate surface area is 118 Å². The first kappa shape index (κ1) is 14.9. The van der Waals surface area contributed by atoms with Gasteiger partial charge in [-0.15, -0.1) is 0 Å². The lowest BCUT2D eigenvalue weighted by Gasteiger charge is -2.33. The molecule has 2 rings (SSSR count). The molecule has 1 amide bonds. The minimum Gasteiger partial charge on any atom is -0.374 e. The molecule has 0 radical (unpaired) electrons. The third-order valence-corrected chi connectivity index (χ3v) is 3.51. The van der Waals surface area contributed by atoms with Gasteiger partial charge in [-0.25, -0.2) is 4.39 Å². The third kappa shape index (κ3) is 4.28. The number of hydrogen-bond acceptors (Lipinski definition) is 3. The van der Waals surface area contributed by atoms with E-state index in [1.54, 1.807) is 12.1 Å². The van der Waals surface area contributed by atoms with Crippen molar-refractivity contribution >= 4 is 5.91 Å². The lowest BCUT2D eigenvalue weighted by molar-refractivity contribution is -0.120. The van der Waals surface area contributed by atoms with Gasteiger partial charge < -0.3 is 10.1 Å². The zero-order valence-electron chi connectivity index (χ0n) is 12.0. The maximum Gasteiger partial charge on any atom is 0.216 e. The summed E-state index contributed by atoms with van der Waals surface area (Å²) in [4.78, 5) is 13.2. The summed E-state index contributed by atoms with van der Waals surface area (Å²) in [5, 5.41) is 2.77. The smallest absolute Gasteiger partial charge is 0.216 e. The largest absolute Gasteiger partial charge is 0.374 e. The molecule has 1 N–H and O–H groups in total. The van der Waals surface area contributed by atoms with Crippen molar-refractivity contribution in [3.8, 4) is 0 Å². The number of aryl methyl sites for hydroxylation is 1. The van der Waals surface area contributed by atoms with Gasteiger partial charge in [0.1, 0.15) is 5.82 Å². The number of carbonyl (C=O) groups excluding carboxylic acids is 1. The van der Waals surface area contributed by atoms with Gasteiger partial charge in [0.15, 0.2) is 0 Å². The first-order valence-corrected chi connectivity index (χ1v) is 6.88. The van der Waals surface area contributed by atoms with Gasteiger partial charge in [-0.2, -0.15) is 0 Å². The van der Waals surface area contributed by atoms with Crippen molar-refractivity contribution in [2.75, 3.05) is 26.2 Å². The third-order valence-electron chi connectivity index (χ3n) is 3.51. The van der Waals surface area contributed by atoms with Crippen molar-refractivity contribution in [3.63, 3.8) is 0 Å². The van der Waals surface area contributed by atoms with E-state index in [1.807, 2.05) is 6.92 Å². The summed E-state index contributed by atoms with van der Waals surface area (Å²) in [6.07, 6.45) is 0.00140. The fourth-order valence-electron chi connectivity index (χ4n) is 2.36. The Morgan fingerprint density at radius 3 is 3.10 bits per heavy atom. The quantitative estimate of drug-likeness (QED) is 0.908. The number of halogens is 1. The van der Waals surface area contributed by atoms with E-state index in [2.05, 4.69) is 10.2 Å². The second-order valence-electron chi connectivity index (χ2n) is 5.24. The molecule has 1 atom stereocenters. The minimum atomic E-state index is -0.200. The molecule has 1 fully saturated rings. The van der Waals surface area contributed by atoms with E-state index in [1.165, 1.54) is 13.0 Å². The molecule has 1 aromatic carbocycles. The van der Waals surface area contributed by atoms with Crippen LogP contribution in [0.25, 0.3) is 0 Å². The topological polar surface area (TPSA) is 41.6 Å². The van der Waals surface area contributed by atoms with E-state index in [9.17, 15) is 9.18 Å². The molecule has 1 unspecified atom stereocenters. The molecule has 1 saturated heterocycles. The van der Waals surface area contributed by atoms with E-state index in [4.69, 9.17) is 4.74 Å². The molecule has 0 aliphatic carbocycles. The van der Waals surface area contributed by atoms with Crippen LogP contribution in [0.4, 0.5) is 4.39 Å². The highest BCUT2D eigenvalue weighted by molar-refractivity contribution is 5.72. The van der Waals surface area contributed by atoms with E-state index in [-0.39, 0.29) is 17.8 Å². The van der Waals surface area contributed by atoms with Gasteiger partial charge in [-0.3, -0.25) is 9.69 Å². The molecule has 110 valence electrons. The Kier molecular flexibility index (Phi) is 5.09. The lowest BCUT2D eigenvalue weighted by Crippen LogP contribution is -2.46. The van der Waals surface area contributed by atoms with Crippen molar-refractivity contribution in [3.05, 3.63) is 35.1 Å². The molecular formula is C15H21FN2O2. The van der Waals surface area contributed by atoms with Crippen LogP contribution in [-0.2, 0) is 16.1 Å². The molecule has 20 heavy (non-hydrogen) atoms. The van der Waals surface area contributed by atoms with Crippen LogP contribution in [0.1, 0.15) is 18.1 Å². The monoisotopic (exact) mass is 280 g/mol. The van der Waals surface area contributed by atoms with Crippen molar-refractivity contribution < 1.29 is 13.9 Å². The molecule has 0 spiro atoms. The fourth-order valence-corrected chi connectivity index (χ4v) is 2.36. The molecular weight excluding hydrogens is 259 g/mol. The van der Waals surface area contributed by atoms with Gasteiger partial charge in [-0.1, -0.05) is 6.07 Å². The average Bonchev–Trinajstić information content (AvgIpc) is 2.41. The molecule has 1 aliphatic heterocycles. The highest BCUT2D eigenvalue weighted by Gasteiger charge is 2.21. The number of nitrogens with zero attached hydrogens (tertiary/aromatic N) is 1. The van der Waals surface area contributed by atoms with Gasteiger partial charge in [-0.05, 0) is 30.2 Å². The first-order chi connectivity index (χ1) is 9.54. The van der Waals surface area contributed by atoms with Crippen LogP contribution in [0, 0.1) is 12.7 Å². The Bertz CT molecular complexity index is 479. The molecule has 0 saturated carbocycles. The van der Waals surface area contributed by atoms with Crippen LogP contribution in [-0.4, -0.2) is 43.2 Å². The molecule has 1 aromatic rings. The summed E-state index contributed by atoms with van der Waals surface area (Å²) in [6.45, 7) is 6.93. The van der Waals surface area contributed by atoms with Gasteiger partial charge in [0.25, 0.3) is 0 Å². The normalized spacial score (nSPS) is 19.9. The predicted octanol–water partition coefficient (Wildman–Crippen LogP) is 1.47. The predicted molar refractivity (Wildman–Crippen MR) is 74.8 cm³/mol. The summed E-state index contributed by atoms with van der Waals surface area (Å²) in [6, 6.07) is 4.88. The van der Waals surface area contributed by atoms with Gasteiger partial charge in [0, 0.05) is 33.1 Å². The summed E-state index contributed by atoms with van der Waals surface area (Å²) in [5.41, 5.74) is 2.10. The summed E-state index contributed by atoms with van der Waals surface area (Å²) < 4.78 is 18.9. The summed E-state index contributed by atoms with van der Waals surface area (Å²) >= 11 is 0. The van der Waals surface area contributed by atoms with Crippen LogP contribution in [0.15, 0.2) is 18.2 Å². The maximum absolute atomic E-state index is 13.3. The van der Waals surface area contributed by atoms with E-state index >= 15 is 0 Å². The molecule has 1 heterocycles. The highest BCUT2D eigenvalue weighted by atomic mass is 19.1. The minimum absolute atomic E-state index is 0.00140. The molecule has 1 aliphatic rings. The number of morpholine rings is 1.